The molecule has 3 rings (SSSR count). The number of benzene rings is 3. The van der Waals surface area contributed by atoms with E-state index in [4.69, 9.17) is 0 Å². The number of hydrogen-bond acceptors (Lipinski definition) is 2. The molecule has 0 aliphatic rings. The van der Waals surface area contributed by atoms with Gasteiger partial charge in [-0.2, -0.15) is 0 Å². The molecule has 0 aliphatic heterocycles. The van der Waals surface area contributed by atoms with Crippen LogP contribution in [0.3, 0.4) is 0 Å². The molecule has 3 aromatic carbocycles. The standard InChI is InChI=1S/C26H27BrN2O2/c1-19-7-6-10-22(15-19)17-25(30)29(18-21-11-13-23(27)14-12-21)24(26(31)28-2)16-20-8-4-3-5-9-20/h3-15,24H,16-18H2,1-2H3,(H,28,31). The minimum absolute atomic E-state index is 0.0713. The average Bonchev–Trinajstić information content (AvgIpc) is 2.77. The number of amides is 2. The Bertz CT molecular complexity index is 1020. The van der Waals surface area contributed by atoms with Crippen LogP contribution in [-0.2, 0) is 29.0 Å². The molecular weight excluding hydrogens is 452 g/mol. The van der Waals surface area contributed by atoms with Crippen molar-refractivity contribution in [1.82, 2.24) is 10.2 Å². The van der Waals surface area contributed by atoms with Crippen LogP contribution in [0.1, 0.15) is 22.3 Å². The summed E-state index contributed by atoms with van der Waals surface area (Å²) in [4.78, 5) is 28.1. The van der Waals surface area contributed by atoms with Crippen molar-refractivity contribution >= 4 is 27.7 Å². The highest BCUT2D eigenvalue weighted by atomic mass is 79.9. The Kier molecular flexibility index (Phi) is 8.01. The fourth-order valence-electron chi connectivity index (χ4n) is 3.61. The highest BCUT2D eigenvalue weighted by Crippen LogP contribution is 2.18. The topological polar surface area (TPSA) is 49.4 Å². The van der Waals surface area contributed by atoms with Crippen molar-refractivity contribution in [1.29, 1.82) is 0 Å². The SMILES string of the molecule is CNC(=O)C(Cc1ccccc1)N(Cc1ccc(Br)cc1)C(=O)Cc1cccc(C)c1. The smallest absolute Gasteiger partial charge is 0.242 e. The third-order valence-electron chi connectivity index (χ3n) is 5.22. The van der Waals surface area contributed by atoms with E-state index < -0.39 is 6.04 Å². The quantitative estimate of drug-likeness (QED) is 0.510. The summed E-state index contributed by atoms with van der Waals surface area (Å²) in [6.07, 6.45) is 0.705. The van der Waals surface area contributed by atoms with Gasteiger partial charge in [0.2, 0.25) is 11.8 Å². The molecule has 1 atom stereocenters. The molecule has 4 nitrogen and oxygen atoms in total. The van der Waals surface area contributed by atoms with Gasteiger partial charge in [0.05, 0.1) is 6.42 Å². The van der Waals surface area contributed by atoms with Gasteiger partial charge in [-0.25, -0.2) is 0 Å². The number of nitrogens with zero attached hydrogens (tertiary/aromatic N) is 1. The number of rotatable bonds is 8. The van der Waals surface area contributed by atoms with E-state index in [2.05, 4.69) is 21.2 Å². The molecule has 0 radical (unpaired) electrons. The number of hydrogen-bond donors (Lipinski definition) is 1. The Morgan fingerprint density at radius 1 is 0.903 bits per heavy atom. The van der Waals surface area contributed by atoms with Gasteiger partial charge in [-0.05, 0) is 35.7 Å². The summed E-state index contributed by atoms with van der Waals surface area (Å²) in [5.41, 5.74) is 4.04. The summed E-state index contributed by atoms with van der Waals surface area (Å²) < 4.78 is 0.973. The van der Waals surface area contributed by atoms with Gasteiger partial charge in [0, 0.05) is 24.5 Å². The van der Waals surface area contributed by atoms with Gasteiger partial charge in [0.15, 0.2) is 0 Å². The van der Waals surface area contributed by atoms with Gasteiger partial charge < -0.3 is 10.2 Å². The summed E-state index contributed by atoms with van der Waals surface area (Å²) in [5, 5.41) is 2.75. The first-order valence-corrected chi connectivity index (χ1v) is 11.1. The highest BCUT2D eigenvalue weighted by molar-refractivity contribution is 9.10. The van der Waals surface area contributed by atoms with Crippen LogP contribution >= 0.6 is 15.9 Å². The molecule has 31 heavy (non-hydrogen) atoms. The maximum Gasteiger partial charge on any atom is 0.242 e. The lowest BCUT2D eigenvalue weighted by atomic mass is 10.0. The van der Waals surface area contributed by atoms with E-state index in [1.807, 2.05) is 85.8 Å². The fraction of sp³-hybridized carbons (Fsp3) is 0.231. The number of carbonyl (C=O) groups is 2. The second kappa shape index (κ2) is 10.9. The summed E-state index contributed by atoms with van der Waals surface area (Å²) in [6.45, 7) is 2.37. The predicted octanol–water partition coefficient (Wildman–Crippen LogP) is 4.69. The predicted molar refractivity (Wildman–Crippen MR) is 128 cm³/mol. The normalized spacial score (nSPS) is 11.6. The van der Waals surface area contributed by atoms with Crippen molar-refractivity contribution in [3.63, 3.8) is 0 Å². The van der Waals surface area contributed by atoms with Crippen LogP contribution in [0.15, 0.2) is 83.3 Å². The van der Waals surface area contributed by atoms with Crippen LogP contribution in [0, 0.1) is 6.92 Å². The third-order valence-corrected chi connectivity index (χ3v) is 5.75. The molecule has 1 unspecified atom stereocenters. The van der Waals surface area contributed by atoms with E-state index in [9.17, 15) is 9.59 Å². The molecular formula is C26H27BrN2O2. The van der Waals surface area contributed by atoms with Crippen LogP contribution < -0.4 is 5.32 Å². The Morgan fingerprint density at radius 3 is 2.23 bits per heavy atom. The summed E-state index contributed by atoms with van der Waals surface area (Å²) in [6, 6.07) is 25.0. The number of nitrogens with one attached hydrogen (secondary N) is 1. The maximum absolute atomic E-state index is 13.5. The van der Waals surface area contributed by atoms with Crippen LogP contribution in [0.5, 0.6) is 0 Å². The summed E-state index contributed by atoms with van der Waals surface area (Å²) >= 11 is 3.45. The first-order chi connectivity index (χ1) is 15.0. The molecule has 0 aliphatic carbocycles. The Labute approximate surface area is 192 Å². The number of carbonyl (C=O) groups excluding carboxylic acids is 2. The van der Waals surface area contributed by atoms with Crippen LogP contribution in [0.4, 0.5) is 0 Å². The zero-order valence-corrected chi connectivity index (χ0v) is 19.4. The van der Waals surface area contributed by atoms with Gasteiger partial charge in [0.1, 0.15) is 6.04 Å². The van der Waals surface area contributed by atoms with Crippen molar-refractivity contribution < 1.29 is 9.59 Å². The van der Waals surface area contributed by atoms with E-state index in [1.165, 1.54) is 0 Å². The molecule has 0 bridgehead atoms. The van der Waals surface area contributed by atoms with Crippen molar-refractivity contribution in [3.05, 3.63) is 106 Å². The number of likely N-dealkylation sites (N-methyl/N-ethyl adjacent to an activating group) is 1. The van der Waals surface area contributed by atoms with Gasteiger partial charge in [-0.1, -0.05) is 88.2 Å². The number of halogens is 1. The summed E-state index contributed by atoms with van der Waals surface area (Å²) in [5.74, 6) is -0.239. The maximum atomic E-state index is 13.5. The average molecular weight is 479 g/mol. The molecule has 0 fully saturated rings. The van der Waals surface area contributed by atoms with E-state index >= 15 is 0 Å². The first kappa shape index (κ1) is 22.8. The Morgan fingerprint density at radius 2 is 1.58 bits per heavy atom. The molecule has 160 valence electrons. The third kappa shape index (κ3) is 6.53. The van der Waals surface area contributed by atoms with Crippen molar-refractivity contribution in [2.45, 2.75) is 32.4 Å². The van der Waals surface area contributed by atoms with Crippen molar-refractivity contribution in [2.75, 3.05) is 7.05 Å². The minimum Gasteiger partial charge on any atom is -0.357 e. The second-order valence-electron chi connectivity index (χ2n) is 7.63. The van der Waals surface area contributed by atoms with Gasteiger partial charge in [0.25, 0.3) is 0 Å². The first-order valence-electron chi connectivity index (χ1n) is 10.3. The monoisotopic (exact) mass is 478 g/mol. The molecule has 0 aromatic heterocycles. The molecule has 5 heteroatoms. The van der Waals surface area contributed by atoms with Gasteiger partial charge in [-0.3, -0.25) is 9.59 Å². The number of aryl methyl sites for hydroxylation is 1. The van der Waals surface area contributed by atoms with Crippen molar-refractivity contribution in [2.24, 2.45) is 0 Å². The van der Waals surface area contributed by atoms with Gasteiger partial charge in [-0.15, -0.1) is 0 Å². The lowest BCUT2D eigenvalue weighted by Crippen LogP contribution is -2.50. The minimum atomic E-state index is -0.603. The molecule has 2 amide bonds. The zero-order chi connectivity index (χ0) is 22.2. The highest BCUT2D eigenvalue weighted by Gasteiger charge is 2.29. The second-order valence-corrected chi connectivity index (χ2v) is 8.55. The summed E-state index contributed by atoms with van der Waals surface area (Å²) in [7, 11) is 1.61. The van der Waals surface area contributed by atoms with Crippen LogP contribution in [-0.4, -0.2) is 29.8 Å². The molecule has 0 saturated heterocycles. The Hall–Kier alpha value is -2.92. The van der Waals surface area contributed by atoms with E-state index in [0.29, 0.717) is 13.0 Å². The molecule has 0 saturated carbocycles. The molecule has 3 aromatic rings. The van der Waals surface area contributed by atoms with E-state index in [0.717, 1.165) is 26.7 Å². The lowest BCUT2D eigenvalue weighted by Gasteiger charge is -2.31. The van der Waals surface area contributed by atoms with Crippen molar-refractivity contribution in [3.8, 4) is 0 Å². The molecule has 1 N–H and O–H groups in total. The van der Waals surface area contributed by atoms with Gasteiger partial charge >= 0.3 is 0 Å². The molecule has 0 heterocycles. The van der Waals surface area contributed by atoms with Crippen LogP contribution in [0.2, 0.25) is 0 Å². The van der Waals surface area contributed by atoms with E-state index in [1.54, 1.807) is 11.9 Å². The molecule has 0 spiro atoms. The Balaban J connectivity index is 1.93. The zero-order valence-electron chi connectivity index (χ0n) is 17.8. The largest absolute Gasteiger partial charge is 0.357 e. The van der Waals surface area contributed by atoms with Crippen LogP contribution in [0.25, 0.3) is 0 Å². The fourth-order valence-corrected chi connectivity index (χ4v) is 3.87. The van der Waals surface area contributed by atoms with E-state index in [-0.39, 0.29) is 18.2 Å². The lowest BCUT2D eigenvalue weighted by molar-refractivity contribution is -0.140.